The summed E-state index contributed by atoms with van der Waals surface area (Å²) in [5.74, 6) is 0.592. The third kappa shape index (κ3) is 3.61. The van der Waals surface area contributed by atoms with Gasteiger partial charge in [0.15, 0.2) is 0 Å². The van der Waals surface area contributed by atoms with Gasteiger partial charge in [0.2, 0.25) is 0 Å². The Kier molecular flexibility index (Phi) is 4.36. The first kappa shape index (κ1) is 11.6. The molecule has 1 aromatic rings. The van der Waals surface area contributed by atoms with E-state index in [0.29, 0.717) is 18.9 Å². The predicted octanol–water partition coefficient (Wildman–Crippen LogP) is 2.18. The number of ether oxygens (including phenoxy) is 1. The SMILES string of the molecule is O=C(CCC1CCNC1)OCc1cccs1. The standard InChI is InChI=1S/C12H17NO2S/c14-12(4-3-10-5-6-13-8-10)15-9-11-2-1-7-16-11/h1-2,7,10,13H,3-6,8-9H2. The number of hydrogen-bond donors (Lipinski definition) is 1. The van der Waals surface area contributed by atoms with Gasteiger partial charge in [0.25, 0.3) is 0 Å². The number of nitrogens with one attached hydrogen (secondary N) is 1. The fourth-order valence-corrected chi connectivity index (χ4v) is 2.52. The van der Waals surface area contributed by atoms with Gasteiger partial charge < -0.3 is 10.1 Å². The molecule has 16 heavy (non-hydrogen) atoms. The van der Waals surface area contributed by atoms with E-state index in [1.807, 2.05) is 17.5 Å². The van der Waals surface area contributed by atoms with E-state index >= 15 is 0 Å². The zero-order valence-corrected chi connectivity index (χ0v) is 10.1. The van der Waals surface area contributed by atoms with E-state index in [2.05, 4.69) is 5.32 Å². The summed E-state index contributed by atoms with van der Waals surface area (Å²) in [6.45, 7) is 2.58. The van der Waals surface area contributed by atoms with Gasteiger partial charge in [-0.3, -0.25) is 4.79 Å². The molecule has 1 aromatic heterocycles. The molecular weight excluding hydrogens is 222 g/mol. The maximum atomic E-state index is 11.5. The van der Waals surface area contributed by atoms with E-state index in [9.17, 15) is 4.79 Å². The summed E-state index contributed by atoms with van der Waals surface area (Å²) in [5.41, 5.74) is 0. The lowest BCUT2D eigenvalue weighted by molar-refractivity contribution is -0.145. The molecule has 3 nitrogen and oxygen atoms in total. The Bertz CT molecular complexity index is 318. The monoisotopic (exact) mass is 239 g/mol. The van der Waals surface area contributed by atoms with Crippen molar-refractivity contribution < 1.29 is 9.53 Å². The van der Waals surface area contributed by atoms with Gasteiger partial charge >= 0.3 is 5.97 Å². The second kappa shape index (κ2) is 6.01. The molecule has 4 heteroatoms. The Labute approximate surface area is 99.8 Å². The van der Waals surface area contributed by atoms with Crippen molar-refractivity contribution in [2.24, 2.45) is 5.92 Å². The van der Waals surface area contributed by atoms with Gasteiger partial charge in [0.1, 0.15) is 6.61 Å². The molecule has 0 saturated carbocycles. The molecule has 1 fully saturated rings. The molecule has 0 bridgehead atoms. The molecule has 0 radical (unpaired) electrons. The summed E-state index contributed by atoms with van der Waals surface area (Å²) in [4.78, 5) is 12.6. The molecule has 0 aromatic carbocycles. The second-order valence-corrected chi connectivity index (χ2v) is 5.17. The summed E-state index contributed by atoms with van der Waals surface area (Å²) in [7, 11) is 0. The Balaban J connectivity index is 1.60. The average molecular weight is 239 g/mol. The quantitative estimate of drug-likeness (QED) is 0.800. The molecule has 1 unspecified atom stereocenters. The average Bonchev–Trinajstić information content (AvgIpc) is 2.96. The van der Waals surface area contributed by atoms with E-state index < -0.39 is 0 Å². The van der Waals surface area contributed by atoms with Crippen molar-refractivity contribution in [3.8, 4) is 0 Å². The Morgan fingerprint density at radius 3 is 3.25 bits per heavy atom. The van der Waals surface area contributed by atoms with Gasteiger partial charge in [-0.1, -0.05) is 6.07 Å². The first-order chi connectivity index (χ1) is 7.84. The van der Waals surface area contributed by atoms with Crippen molar-refractivity contribution in [3.05, 3.63) is 22.4 Å². The zero-order chi connectivity index (χ0) is 11.2. The van der Waals surface area contributed by atoms with E-state index in [-0.39, 0.29) is 5.97 Å². The van der Waals surface area contributed by atoms with Crippen LogP contribution in [0.15, 0.2) is 17.5 Å². The van der Waals surface area contributed by atoms with Gasteiger partial charge in [0.05, 0.1) is 0 Å². The predicted molar refractivity (Wildman–Crippen MR) is 64.3 cm³/mol. The molecule has 0 spiro atoms. The highest BCUT2D eigenvalue weighted by molar-refractivity contribution is 7.09. The molecule has 88 valence electrons. The minimum absolute atomic E-state index is 0.0692. The molecule has 1 atom stereocenters. The summed E-state index contributed by atoms with van der Waals surface area (Å²) >= 11 is 1.62. The van der Waals surface area contributed by atoms with Crippen LogP contribution in [0, 0.1) is 5.92 Å². The van der Waals surface area contributed by atoms with E-state index in [1.54, 1.807) is 11.3 Å². The Morgan fingerprint density at radius 1 is 1.62 bits per heavy atom. The van der Waals surface area contributed by atoms with Crippen molar-refractivity contribution in [2.45, 2.75) is 25.9 Å². The molecule has 0 amide bonds. The lowest BCUT2D eigenvalue weighted by Crippen LogP contribution is -2.11. The van der Waals surface area contributed by atoms with Gasteiger partial charge in [-0.15, -0.1) is 11.3 Å². The highest BCUT2D eigenvalue weighted by Gasteiger charge is 2.16. The van der Waals surface area contributed by atoms with Crippen LogP contribution in [-0.4, -0.2) is 19.1 Å². The molecule has 0 aliphatic carbocycles. The Hall–Kier alpha value is -0.870. The maximum absolute atomic E-state index is 11.5. The fraction of sp³-hybridized carbons (Fsp3) is 0.583. The summed E-state index contributed by atoms with van der Waals surface area (Å²) in [6, 6.07) is 3.96. The van der Waals surface area contributed by atoms with E-state index in [0.717, 1.165) is 24.4 Å². The third-order valence-corrected chi connectivity index (χ3v) is 3.72. The highest BCUT2D eigenvalue weighted by atomic mass is 32.1. The minimum atomic E-state index is -0.0692. The molecule has 1 aliphatic heterocycles. The lowest BCUT2D eigenvalue weighted by atomic mass is 10.0. The molecular formula is C12H17NO2S. The normalized spacial score (nSPS) is 19.9. The van der Waals surface area contributed by atoms with Crippen molar-refractivity contribution in [2.75, 3.05) is 13.1 Å². The van der Waals surface area contributed by atoms with Crippen molar-refractivity contribution in [1.82, 2.24) is 5.32 Å². The first-order valence-corrected chi connectivity index (χ1v) is 6.61. The van der Waals surface area contributed by atoms with Crippen LogP contribution in [0.25, 0.3) is 0 Å². The number of rotatable bonds is 5. The summed E-state index contributed by atoms with van der Waals surface area (Å²) in [6.07, 6.45) is 2.70. The zero-order valence-electron chi connectivity index (χ0n) is 9.28. The molecule has 2 rings (SSSR count). The Morgan fingerprint density at radius 2 is 2.56 bits per heavy atom. The smallest absolute Gasteiger partial charge is 0.306 e. The van der Waals surface area contributed by atoms with Crippen LogP contribution >= 0.6 is 11.3 Å². The number of thiophene rings is 1. The van der Waals surface area contributed by atoms with Crippen molar-refractivity contribution >= 4 is 17.3 Å². The number of carbonyl (C=O) groups is 1. The number of carbonyl (C=O) groups excluding carboxylic acids is 1. The largest absolute Gasteiger partial charge is 0.460 e. The van der Waals surface area contributed by atoms with Crippen LogP contribution in [0.5, 0.6) is 0 Å². The minimum Gasteiger partial charge on any atom is -0.460 e. The van der Waals surface area contributed by atoms with Crippen LogP contribution in [0.3, 0.4) is 0 Å². The van der Waals surface area contributed by atoms with Gasteiger partial charge in [0, 0.05) is 11.3 Å². The van der Waals surface area contributed by atoms with Crippen LogP contribution < -0.4 is 5.32 Å². The second-order valence-electron chi connectivity index (χ2n) is 4.14. The van der Waals surface area contributed by atoms with Crippen molar-refractivity contribution in [1.29, 1.82) is 0 Å². The van der Waals surface area contributed by atoms with Gasteiger partial charge in [-0.25, -0.2) is 0 Å². The molecule has 2 heterocycles. The lowest BCUT2D eigenvalue weighted by Gasteiger charge is -2.07. The van der Waals surface area contributed by atoms with Gasteiger partial charge in [-0.2, -0.15) is 0 Å². The highest BCUT2D eigenvalue weighted by Crippen LogP contribution is 2.15. The topological polar surface area (TPSA) is 38.3 Å². The first-order valence-electron chi connectivity index (χ1n) is 5.73. The maximum Gasteiger partial charge on any atom is 0.306 e. The fourth-order valence-electron chi connectivity index (χ4n) is 1.90. The number of esters is 1. The summed E-state index contributed by atoms with van der Waals surface area (Å²) in [5, 5.41) is 5.29. The molecule has 1 aliphatic rings. The van der Waals surface area contributed by atoms with Crippen LogP contribution in [-0.2, 0) is 16.1 Å². The van der Waals surface area contributed by atoms with E-state index in [4.69, 9.17) is 4.74 Å². The van der Waals surface area contributed by atoms with Gasteiger partial charge in [-0.05, 0) is 43.3 Å². The molecule has 1 saturated heterocycles. The number of hydrogen-bond acceptors (Lipinski definition) is 4. The van der Waals surface area contributed by atoms with E-state index in [1.165, 1.54) is 6.42 Å². The van der Waals surface area contributed by atoms with Crippen LogP contribution in [0.4, 0.5) is 0 Å². The molecule has 1 N–H and O–H groups in total. The van der Waals surface area contributed by atoms with Crippen LogP contribution in [0.2, 0.25) is 0 Å². The third-order valence-electron chi connectivity index (χ3n) is 2.87. The summed E-state index contributed by atoms with van der Waals surface area (Å²) < 4.78 is 5.20. The van der Waals surface area contributed by atoms with Crippen LogP contribution in [0.1, 0.15) is 24.1 Å². The van der Waals surface area contributed by atoms with Crippen molar-refractivity contribution in [3.63, 3.8) is 0 Å².